The van der Waals surface area contributed by atoms with Crippen LogP contribution in [0.15, 0.2) is 0 Å². The molecule has 2 unspecified atom stereocenters. The van der Waals surface area contributed by atoms with Crippen LogP contribution in [-0.4, -0.2) is 0 Å². The SMILES string of the molecule is CCCCCCC(C)(CCCC)C(C)CC. The monoisotopic (exact) mass is 226 g/mol. The predicted molar refractivity (Wildman–Crippen MR) is 75.8 cm³/mol. The van der Waals surface area contributed by atoms with Crippen molar-refractivity contribution >= 4 is 0 Å². The van der Waals surface area contributed by atoms with Crippen LogP contribution >= 0.6 is 0 Å². The van der Waals surface area contributed by atoms with Crippen LogP contribution in [0.25, 0.3) is 0 Å². The summed E-state index contributed by atoms with van der Waals surface area (Å²) in [7, 11) is 0. The second-order valence-corrected chi connectivity index (χ2v) is 5.88. The molecule has 0 spiro atoms. The minimum atomic E-state index is 0.610. The first-order valence-corrected chi connectivity index (χ1v) is 7.60. The van der Waals surface area contributed by atoms with E-state index < -0.39 is 0 Å². The van der Waals surface area contributed by atoms with Gasteiger partial charge in [-0.15, -0.1) is 0 Å². The molecule has 0 heterocycles. The smallest absolute Gasteiger partial charge is 0.0300 e. The van der Waals surface area contributed by atoms with Gasteiger partial charge in [0, 0.05) is 0 Å². The van der Waals surface area contributed by atoms with E-state index >= 15 is 0 Å². The van der Waals surface area contributed by atoms with Crippen LogP contribution in [0.3, 0.4) is 0 Å². The first-order chi connectivity index (χ1) is 7.60. The van der Waals surface area contributed by atoms with Crippen molar-refractivity contribution in [3.8, 4) is 0 Å². The molecule has 0 aromatic carbocycles. The molecule has 0 nitrogen and oxygen atoms in total. The second-order valence-electron chi connectivity index (χ2n) is 5.88. The highest BCUT2D eigenvalue weighted by atomic mass is 14.3. The van der Waals surface area contributed by atoms with Gasteiger partial charge in [-0.25, -0.2) is 0 Å². The zero-order chi connectivity index (χ0) is 12.4. The lowest BCUT2D eigenvalue weighted by molar-refractivity contribution is 0.152. The van der Waals surface area contributed by atoms with Crippen LogP contribution in [0.1, 0.15) is 92.4 Å². The summed E-state index contributed by atoms with van der Waals surface area (Å²) < 4.78 is 0. The van der Waals surface area contributed by atoms with Crippen LogP contribution in [0.2, 0.25) is 0 Å². The molecule has 98 valence electrons. The third kappa shape index (κ3) is 5.92. The van der Waals surface area contributed by atoms with Crippen LogP contribution in [0, 0.1) is 11.3 Å². The van der Waals surface area contributed by atoms with Gasteiger partial charge in [-0.2, -0.15) is 0 Å². The van der Waals surface area contributed by atoms with Crippen LogP contribution in [0.5, 0.6) is 0 Å². The van der Waals surface area contributed by atoms with Gasteiger partial charge in [0.25, 0.3) is 0 Å². The van der Waals surface area contributed by atoms with E-state index in [1.165, 1.54) is 57.8 Å². The average Bonchev–Trinajstić information content (AvgIpc) is 2.31. The zero-order valence-electron chi connectivity index (χ0n) is 12.4. The molecule has 16 heavy (non-hydrogen) atoms. The zero-order valence-corrected chi connectivity index (χ0v) is 12.4. The Hall–Kier alpha value is 0. The fraction of sp³-hybridized carbons (Fsp3) is 1.00. The summed E-state index contributed by atoms with van der Waals surface area (Å²) in [4.78, 5) is 0. The highest BCUT2D eigenvalue weighted by Gasteiger charge is 2.28. The maximum Gasteiger partial charge on any atom is -0.0300 e. The van der Waals surface area contributed by atoms with Gasteiger partial charge < -0.3 is 0 Å². The van der Waals surface area contributed by atoms with Crippen LogP contribution in [0.4, 0.5) is 0 Å². The molecule has 0 bridgehead atoms. The Morgan fingerprint density at radius 3 is 1.88 bits per heavy atom. The van der Waals surface area contributed by atoms with Gasteiger partial charge in [0.2, 0.25) is 0 Å². The van der Waals surface area contributed by atoms with Crippen molar-refractivity contribution < 1.29 is 0 Å². The summed E-state index contributed by atoms with van der Waals surface area (Å²) in [6, 6.07) is 0. The quantitative estimate of drug-likeness (QED) is 0.389. The molecule has 0 N–H and O–H groups in total. The molecule has 0 aromatic heterocycles. The summed E-state index contributed by atoms with van der Waals surface area (Å²) in [6.07, 6.45) is 12.6. The Morgan fingerprint density at radius 2 is 1.38 bits per heavy atom. The van der Waals surface area contributed by atoms with Crippen molar-refractivity contribution in [1.82, 2.24) is 0 Å². The summed E-state index contributed by atoms with van der Waals surface area (Å²) in [5.41, 5.74) is 0.610. The van der Waals surface area contributed by atoms with Crippen molar-refractivity contribution in [1.29, 1.82) is 0 Å². The van der Waals surface area contributed by atoms with E-state index in [0.717, 1.165) is 5.92 Å². The van der Waals surface area contributed by atoms with E-state index in [2.05, 4.69) is 34.6 Å². The minimum Gasteiger partial charge on any atom is -0.0654 e. The van der Waals surface area contributed by atoms with E-state index in [1.807, 2.05) is 0 Å². The Morgan fingerprint density at radius 1 is 0.812 bits per heavy atom. The lowest BCUT2D eigenvalue weighted by atomic mass is 9.70. The maximum atomic E-state index is 2.53. The first kappa shape index (κ1) is 16.0. The molecule has 0 rings (SSSR count). The molecule has 0 saturated carbocycles. The molecule has 0 aliphatic rings. The van der Waals surface area contributed by atoms with E-state index in [9.17, 15) is 0 Å². The summed E-state index contributed by atoms with van der Waals surface area (Å²) >= 11 is 0. The number of rotatable bonds is 10. The molecule has 0 radical (unpaired) electrons. The molecule has 2 atom stereocenters. The minimum absolute atomic E-state index is 0.610. The second kappa shape index (κ2) is 9.07. The molecular weight excluding hydrogens is 192 g/mol. The van der Waals surface area contributed by atoms with Crippen molar-refractivity contribution in [2.75, 3.05) is 0 Å². The van der Waals surface area contributed by atoms with Crippen molar-refractivity contribution in [2.24, 2.45) is 11.3 Å². The standard InChI is InChI=1S/C16H34/c1-6-9-11-12-14-16(5,13-10-7-2)15(4)8-3/h15H,6-14H2,1-5H3. The normalized spacial score (nSPS) is 17.1. The van der Waals surface area contributed by atoms with Gasteiger partial charge in [0.15, 0.2) is 0 Å². The summed E-state index contributed by atoms with van der Waals surface area (Å²) in [5.74, 6) is 0.890. The molecule has 0 fully saturated rings. The number of hydrogen-bond acceptors (Lipinski definition) is 0. The topological polar surface area (TPSA) is 0 Å². The Balaban J connectivity index is 4.07. The largest absolute Gasteiger partial charge is 0.0654 e. The number of hydrogen-bond donors (Lipinski definition) is 0. The highest BCUT2D eigenvalue weighted by molar-refractivity contribution is 4.79. The van der Waals surface area contributed by atoms with Crippen molar-refractivity contribution in [2.45, 2.75) is 92.4 Å². The van der Waals surface area contributed by atoms with Crippen LogP contribution in [-0.2, 0) is 0 Å². The lowest BCUT2D eigenvalue weighted by Crippen LogP contribution is -2.25. The lowest BCUT2D eigenvalue weighted by Gasteiger charge is -2.36. The molecule has 0 saturated heterocycles. The van der Waals surface area contributed by atoms with Gasteiger partial charge in [-0.3, -0.25) is 0 Å². The van der Waals surface area contributed by atoms with Crippen molar-refractivity contribution in [3.05, 3.63) is 0 Å². The van der Waals surface area contributed by atoms with Crippen molar-refractivity contribution in [3.63, 3.8) is 0 Å². The summed E-state index contributed by atoms with van der Waals surface area (Å²) in [5, 5.41) is 0. The van der Waals surface area contributed by atoms with Crippen LogP contribution < -0.4 is 0 Å². The van der Waals surface area contributed by atoms with Gasteiger partial charge >= 0.3 is 0 Å². The Labute approximate surface area is 104 Å². The Bertz CT molecular complexity index is 150. The van der Waals surface area contributed by atoms with E-state index in [1.54, 1.807) is 0 Å². The maximum absolute atomic E-state index is 2.53. The molecule has 0 aliphatic heterocycles. The highest BCUT2D eigenvalue weighted by Crippen LogP contribution is 2.39. The van der Waals surface area contributed by atoms with Gasteiger partial charge in [0.05, 0.1) is 0 Å². The fourth-order valence-corrected chi connectivity index (χ4v) is 2.65. The number of unbranched alkanes of at least 4 members (excludes halogenated alkanes) is 4. The van der Waals surface area contributed by atoms with E-state index in [0.29, 0.717) is 5.41 Å². The van der Waals surface area contributed by atoms with Gasteiger partial charge in [-0.05, 0) is 24.2 Å². The molecule has 0 heteroatoms. The fourth-order valence-electron chi connectivity index (χ4n) is 2.65. The molecule has 0 aromatic rings. The average molecular weight is 226 g/mol. The van der Waals surface area contributed by atoms with Gasteiger partial charge in [0.1, 0.15) is 0 Å². The molecule has 0 amide bonds. The predicted octanol–water partition coefficient (Wildman–Crippen LogP) is 6.20. The molecular formula is C16H34. The van der Waals surface area contributed by atoms with E-state index in [4.69, 9.17) is 0 Å². The summed E-state index contributed by atoms with van der Waals surface area (Å²) in [6.45, 7) is 11.9. The van der Waals surface area contributed by atoms with E-state index in [-0.39, 0.29) is 0 Å². The third-order valence-electron chi connectivity index (χ3n) is 4.50. The molecule has 0 aliphatic carbocycles. The first-order valence-electron chi connectivity index (χ1n) is 7.60. The third-order valence-corrected chi connectivity index (χ3v) is 4.50. The Kier molecular flexibility index (Phi) is 9.07. The van der Waals surface area contributed by atoms with Gasteiger partial charge in [-0.1, -0.05) is 79.6 Å².